The van der Waals surface area contributed by atoms with Gasteiger partial charge in [0.1, 0.15) is 29.7 Å². The van der Waals surface area contributed by atoms with Crippen LogP contribution in [0.3, 0.4) is 0 Å². The number of likely N-dealkylation sites (tertiary alicyclic amines) is 1. The van der Waals surface area contributed by atoms with Crippen LogP contribution in [0.4, 0.5) is 0 Å². The van der Waals surface area contributed by atoms with Crippen molar-refractivity contribution in [2.24, 2.45) is 64.1 Å². The van der Waals surface area contributed by atoms with Crippen molar-refractivity contribution < 1.29 is 67.6 Å². The molecule has 3 amide bonds. The van der Waals surface area contributed by atoms with Gasteiger partial charge in [-0.3, -0.25) is 52.9 Å². The zero-order chi connectivity index (χ0) is 74.0. The minimum Gasteiger partial charge on any atom is -0.488 e. The number of nitrogens with one attached hydrogen (secondary N) is 1. The molecule has 3 aliphatic heterocycles. The van der Waals surface area contributed by atoms with E-state index in [9.17, 15) is 58.2 Å². The van der Waals surface area contributed by atoms with Crippen LogP contribution < -0.4 is 10.1 Å². The molecule has 3 aromatic heterocycles. The van der Waals surface area contributed by atoms with Gasteiger partial charge in [-0.15, -0.1) is 11.3 Å². The summed E-state index contributed by atoms with van der Waals surface area (Å²) in [7, 11) is 0. The van der Waals surface area contributed by atoms with Crippen molar-refractivity contribution in [2.75, 3.05) is 13.1 Å². The number of hydrogen-bond acceptors (Lipinski definition) is 18. The summed E-state index contributed by atoms with van der Waals surface area (Å²) in [6, 6.07) is 4.83. The van der Waals surface area contributed by atoms with Gasteiger partial charge < -0.3 is 34.8 Å². The summed E-state index contributed by atoms with van der Waals surface area (Å²) in [5, 5.41) is 27.1. The maximum Gasteiger partial charge on any atom is 0.310 e. The number of carboxylic acid groups (broad SMARTS) is 1. The van der Waals surface area contributed by atoms with Crippen LogP contribution in [0.15, 0.2) is 60.4 Å². The van der Waals surface area contributed by atoms with Gasteiger partial charge in [0.05, 0.1) is 65.2 Å². The SMILES string of the molecule is CC(C)Cc1nc(-c2cc(O[C@@H]3C[C@H]4C(=O)C[C@]5(C(=O)O)C[C@H]5/C=C\CCCCC[C@H](CC(=O)OC5CCCC5)C(=O)N4C3)c3ccc(CO)cc3n2)cs1.CCC[C@H](CC(=O)[C@@H]1[C@H]2CCC[C@H]2CN1C(=O)[C@@H](NC(=O)[C@@H](CC(=O)c1cnccn1)C1CCCCC1)C(C)(C)C)C(=O)C(=O)CC1CC1. The van der Waals surface area contributed by atoms with Crippen LogP contribution in [0.1, 0.15) is 242 Å². The molecule has 0 radical (unpaired) electrons. The van der Waals surface area contributed by atoms with Crippen molar-refractivity contribution in [3.05, 3.63) is 76.7 Å². The molecule has 0 unspecified atom stereocenters. The van der Waals surface area contributed by atoms with Gasteiger partial charge in [-0.1, -0.05) is 105 Å². The number of thiazole rings is 1. The molecule has 12 rings (SSSR count). The van der Waals surface area contributed by atoms with Gasteiger partial charge in [0, 0.05) is 92.0 Å². The summed E-state index contributed by atoms with van der Waals surface area (Å²) in [6.45, 7) is 12.4. The number of hydrogen-bond donors (Lipinski definition) is 3. The smallest absolute Gasteiger partial charge is 0.310 e. The fraction of sp³-hybridized carbons (Fsp3) is 0.659. The Morgan fingerprint density at radius 3 is 2.27 bits per heavy atom. The van der Waals surface area contributed by atoms with Gasteiger partial charge in [-0.25, -0.2) is 15.0 Å². The fourth-order valence-corrected chi connectivity index (χ4v) is 18.4. The van der Waals surface area contributed by atoms with Crippen LogP contribution >= 0.6 is 11.3 Å². The number of aliphatic hydroxyl groups is 1. The second kappa shape index (κ2) is 34.8. The molecule has 0 spiro atoms. The standard InChI is InChI=1S/C43H53N3O8S.C39H56N4O6/c1-26(2)16-39-45-35(25-55-39)34-20-38(32-15-14-27(24-47)17-33(32)44-34)53-31-19-36-37(48)22-43(42(51)52)21-29(43)11-7-5-3-4-6-10-28(41(50)46(36)23-31)18-40(49)54-30-12-8-9-13-30;1-5-10-26(35(47)33(46)19-24-15-16-24)20-32(45)34-28-14-9-13-27(28)23-43(34)38(49)36(39(2,3)4)42-37(48)29(25-11-7-6-8-12-25)21-31(44)30-22-40-17-18-41-30/h7,11,14-15,17,20,25-26,28-31,36,47H,3-6,8-10,12-13,16,18-19,21-24H2,1-2H3,(H,51,52);17-18,22,24-29,34,36H,5-16,19-21,23H2,1-4H3,(H,42,48)/b11-7-;/t28-,29-,31-,36+,43-;26-,27+,28+,29+,34+,36-/m11/s1. The second-order valence-corrected chi connectivity index (χ2v) is 33.9. The number of esters is 1. The van der Waals surface area contributed by atoms with E-state index in [1.807, 2.05) is 69.5 Å². The number of nitrogens with zero attached hydrogens (tertiary/aromatic N) is 6. The Bertz CT molecular complexity index is 3790. The molecule has 3 N–H and O–H groups in total. The number of Topliss-reactive ketones (excluding diaryl/α,β-unsaturated/α-hetero) is 5. The van der Waals surface area contributed by atoms with Gasteiger partial charge >= 0.3 is 11.9 Å². The number of amides is 3. The van der Waals surface area contributed by atoms with Crippen LogP contribution in [0.2, 0.25) is 0 Å². The average molecular weight is 1450 g/mol. The van der Waals surface area contributed by atoms with E-state index in [0.29, 0.717) is 77.7 Å². The summed E-state index contributed by atoms with van der Waals surface area (Å²) in [4.78, 5) is 158. The average Bonchev–Trinajstić information content (AvgIpc) is 1.59. The summed E-state index contributed by atoms with van der Waals surface area (Å²) in [5.74, 6) is -4.49. The van der Waals surface area contributed by atoms with E-state index in [1.165, 1.54) is 18.6 Å². The molecule has 8 aliphatic rings. The van der Waals surface area contributed by atoms with E-state index in [-0.39, 0.29) is 134 Å². The predicted molar refractivity (Wildman–Crippen MR) is 392 cm³/mol. The number of allylic oxidation sites excluding steroid dienone is 2. The minimum atomic E-state index is -1.19. The Morgan fingerprint density at radius 2 is 1.57 bits per heavy atom. The first-order valence-corrected chi connectivity index (χ1v) is 39.9. The van der Waals surface area contributed by atoms with Crippen molar-refractivity contribution in [1.29, 1.82) is 0 Å². The third kappa shape index (κ3) is 19.2. The Hall–Kier alpha value is -7.46. The van der Waals surface area contributed by atoms with Gasteiger partial charge in [-0.05, 0) is 155 Å². The number of aromatic nitrogens is 4. The van der Waals surface area contributed by atoms with Crippen LogP contribution in [0.5, 0.6) is 5.75 Å². The lowest BCUT2D eigenvalue weighted by Crippen LogP contribution is -2.58. The van der Waals surface area contributed by atoms with E-state index < -0.39 is 64.6 Å². The highest BCUT2D eigenvalue weighted by Gasteiger charge is 2.61. The number of benzene rings is 1. The first kappa shape index (κ1) is 77.6. The number of fused-ring (bicyclic) bond motifs is 4. The summed E-state index contributed by atoms with van der Waals surface area (Å²) in [6.07, 6.45) is 27.1. The van der Waals surface area contributed by atoms with Crippen molar-refractivity contribution >= 4 is 80.8 Å². The molecule has 4 aromatic rings. The number of aliphatic carboxylic acids is 1. The lowest BCUT2D eigenvalue weighted by molar-refractivity contribution is -0.154. The maximum atomic E-state index is 14.7. The molecule has 11 atom stereocenters. The molecule has 22 heteroatoms. The maximum absolute atomic E-state index is 14.7. The fourth-order valence-electron chi connectivity index (χ4n) is 17.4. The number of carbonyl (C=O) groups excluding carboxylic acids is 9. The minimum absolute atomic E-state index is 0.00639. The Balaban J connectivity index is 0.000000210. The van der Waals surface area contributed by atoms with Crippen LogP contribution in [-0.2, 0) is 60.9 Å². The number of pyridine rings is 1. The highest BCUT2D eigenvalue weighted by molar-refractivity contribution is 7.09. The summed E-state index contributed by atoms with van der Waals surface area (Å²) in [5.41, 5.74) is 0.997. The zero-order valence-electron chi connectivity index (χ0n) is 61.9. The highest BCUT2D eigenvalue weighted by Crippen LogP contribution is 2.57. The molecule has 2 saturated heterocycles. The van der Waals surface area contributed by atoms with E-state index in [4.69, 9.17) is 19.4 Å². The van der Waals surface area contributed by atoms with Gasteiger partial charge in [0.25, 0.3) is 0 Å². The normalized spacial score (nSPS) is 25.8. The lowest BCUT2D eigenvalue weighted by atomic mass is 9.76. The van der Waals surface area contributed by atoms with Crippen LogP contribution in [-0.4, -0.2) is 142 Å². The second-order valence-electron chi connectivity index (χ2n) is 32.9. The molecular formula is C82H109N7O14S. The van der Waals surface area contributed by atoms with Gasteiger partial charge in [0.15, 0.2) is 23.1 Å². The third-order valence-electron chi connectivity index (χ3n) is 23.4. The first-order valence-electron chi connectivity index (χ1n) is 39.0. The van der Waals surface area contributed by atoms with E-state index in [0.717, 1.165) is 127 Å². The van der Waals surface area contributed by atoms with Crippen LogP contribution in [0, 0.1) is 64.1 Å². The largest absolute Gasteiger partial charge is 0.488 e. The van der Waals surface area contributed by atoms with E-state index in [2.05, 4.69) is 29.1 Å². The zero-order valence-corrected chi connectivity index (χ0v) is 62.7. The van der Waals surface area contributed by atoms with Crippen LogP contribution in [0.25, 0.3) is 22.3 Å². The molecular weight excluding hydrogens is 1340 g/mol. The molecule has 6 heterocycles. The Morgan fingerprint density at radius 1 is 0.817 bits per heavy atom. The van der Waals surface area contributed by atoms with Gasteiger partial charge in [-0.2, -0.15) is 0 Å². The lowest BCUT2D eigenvalue weighted by Gasteiger charge is -2.38. The Kier molecular flexibility index (Phi) is 26.0. The molecule has 0 bridgehead atoms. The highest BCUT2D eigenvalue weighted by atomic mass is 32.1. The van der Waals surface area contributed by atoms with E-state index in [1.54, 1.807) is 21.1 Å². The van der Waals surface area contributed by atoms with Crippen molar-refractivity contribution in [1.82, 2.24) is 35.1 Å². The van der Waals surface area contributed by atoms with Crippen molar-refractivity contribution in [3.63, 3.8) is 0 Å². The molecule has 1 aromatic carbocycles. The topological polar surface area (TPSA) is 300 Å². The number of carboxylic acids is 1. The molecule has 7 fully saturated rings. The number of aliphatic hydroxyl groups excluding tert-OH is 1. The quantitative estimate of drug-likeness (QED) is 0.0228. The molecule has 5 aliphatic carbocycles. The van der Waals surface area contributed by atoms with Crippen molar-refractivity contribution in [3.8, 4) is 17.1 Å². The molecule has 5 saturated carbocycles. The number of ether oxygens (including phenoxy) is 2. The molecule has 562 valence electrons. The summed E-state index contributed by atoms with van der Waals surface area (Å²) >= 11 is 1.58. The van der Waals surface area contributed by atoms with Gasteiger partial charge in [0.2, 0.25) is 23.5 Å². The summed E-state index contributed by atoms with van der Waals surface area (Å²) < 4.78 is 12.6. The molecule has 21 nitrogen and oxygen atoms in total. The number of carbonyl (C=O) groups is 10. The molecule has 104 heavy (non-hydrogen) atoms. The van der Waals surface area contributed by atoms with Crippen molar-refractivity contribution in [2.45, 2.75) is 265 Å². The third-order valence-corrected chi connectivity index (χ3v) is 24.3. The Labute approximate surface area is 616 Å². The first-order chi connectivity index (χ1) is 49.9. The predicted octanol–water partition coefficient (Wildman–Crippen LogP) is 13.2. The monoisotopic (exact) mass is 1450 g/mol. The van der Waals surface area contributed by atoms with E-state index >= 15 is 0 Å². The number of ketones is 5. The number of rotatable bonds is 26.